The zero-order valence-corrected chi connectivity index (χ0v) is 12.4. The molecule has 1 atom stereocenters. The number of hydrogen-bond donors (Lipinski definition) is 0. The Morgan fingerprint density at radius 2 is 1.19 bits per heavy atom. The van der Waals surface area contributed by atoms with Crippen LogP contribution >= 0.6 is 11.6 Å². The molecule has 0 saturated heterocycles. The van der Waals surface area contributed by atoms with Gasteiger partial charge in [-0.05, 0) is 12.3 Å². The molecule has 1 unspecified atom stereocenters. The lowest BCUT2D eigenvalue weighted by molar-refractivity contribution is 0.511. The topological polar surface area (TPSA) is 0 Å². The number of hydrogen-bond acceptors (Lipinski definition) is 0. The van der Waals surface area contributed by atoms with Gasteiger partial charge in [-0.15, -0.1) is 11.6 Å². The van der Waals surface area contributed by atoms with Crippen molar-refractivity contribution in [2.24, 2.45) is 5.92 Å². The summed E-state index contributed by atoms with van der Waals surface area (Å²) in [6, 6.07) is 0. The molecule has 0 spiro atoms. The Kier molecular flexibility index (Phi) is 12.0. The Hall–Kier alpha value is 0.290. The highest BCUT2D eigenvalue weighted by atomic mass is 35.5. The van der Waals surface area contributed by atoms with E-state index in [0.29, 0.717) is 11.3 Å². The number of alkyl halides is 1. The van der Waals surface area contributed by atoms with E-state index in [1.807, 2.05) is 0 Å². The van der Waals surface area contributed by atoms with E-state index in [-0.39, 0.29) is 0 Å². The van der Waals surface area contributed by atoms with Gasteiger partial charge in [0.25, 0.3) is 0 Å². The van der Waals surface area contributed by atoms with E-state index in [1.165, 1.54) is 64.2 Å². The fraction of sp³-hybridized carbons (Fsp3) is 1.00. The van der Waals surface area contributed by atoms with Gasteiger partial charge in [0.05, 0.1) is 0 Å². The molecule has 0 nitrogen and oxygen atoms in total. The summed E-state index contributed by atoms with van der Waals surface area (Å²) in [6.07, 6.45) is 13.8. The first-order valence-corrected chi connectivity index (χ1v) is 7.76. The SMILES string of the molecule is CCCCCCCCCCCC(Cl)C(C)C. The Morgan fingerprint density at radius 3 is 1.62 bits per heavy atom. The molecule has 0 N–H and O–H groups in total. The summed E-state index contributed by atoms with van der Waals surface area (Å²) in [4.78, 5) is 0. The fourth-order valence-corrected chi connectivity index (χ4v) is 2.14. The van der Waals surface area contributed by atoms with Crippen molar-refractivity contribution >= 4 is 11.6 Å². The minimum atomic E-state index is 0.393. The molecule has 0 aliphatic rings. The van der Waals surface area contributed by atoms with Crippen LogP contribution in [0.1, 0.15) is 85.0 Å². The van der Waals surface area contributed by atoms with Crippen LogP contribution in [0.5, 0.6) is 0 Å². The summed E-state index contributed by atoms with van der Waals surface area (Å²) in [6.45, 7) is 6.70. The van der Waals surface area contributed by atoms with E-state index < -0.39 is 0 Å². The Morgan fingerprint density at radius 1 is 0.750 bits per heavy atom. The fourth-order valence-electron chi connectivity index (χ4n) is 1.98. The van der Waals surface area contributed by atoms with Gasteiger partial charge < -0.3 is 0 Å². The summed E-state index contributed by atoms with van der Waals surface area (Å²) in [5.41, 5.74) is 0. The standard InChI is InChI=1S/C15H31Cl/c1-4-5-6-7-8-9-10-11-12-13-15(16)14(2)3/h14-15H,4-13H2,1-3H3. The lowest BCUT2D eigenvalue weighted by atomic mass is 10.0. The van der Waals surface area contributed by atoms with Gasteiger partial charge in [-0.25, -0.2) is 0 Å². The Balaban J connectivity index is 3.04. The number of rotatable bonds is 11. The maximum Gasteiger partial charge on any atom is 0.0359 e. The maximum atomic E-state index is 6.21. The van der Waals surface area contributed by atoms with Gasteiger partial charge in [0.2, 0.25) is 0 Å². The van der Waals surface area contributed by atoms with Crippen molar-refractivity contribution in [1.29, 1.82) is 0 Å². The highest BCUT2D eigenvalue weighted by molar-refractivity contribution is 6.20. The van der Waals surface area contributed by atoms with E-state index in [0.717, 1.165) is 0 Å². The highest BCUT2D eigenvalue weighted by Gasteiger charge is 2.08. The Bertz CT molecular complexity index is 131. The molecule has 0 aliphatic heterocycles. The monoisotopic (exact) mass is 246 g/mol. The third kappa shape index (κ3) is 10.8. The van der Waals surface area contributed by atoms with E-state index in [4.69, 9.17) is 11.6 Å². The Labute approximate surface area is 108 Å². The van der Waals surface area contributed by atoms with Gasteiger partial charge in [-0.3, -0.25) is 0 Å². The molecule has 98 valence electrons. The van der Waals surface area contributed by atoms with Gasteiger partial charge >= 0.3 is 0 Å². The summed E-state index contributed by atoms with van der Waals surface area (Å²) < 4.78 is 0. The van der Waals surface area contributed by atoms with Crippen LogP contribution in [0.25, 0.3) is 0 Å². The summed E-state index contributed by atoms with van der Waals surface area (Å²) >= 11 is 6.21. The molecule has 1 heteroatoms. The molecule has 0 aromatic rings. The number of unbranched alkanes of at least 4 members (excludes halogenated alkanes) is 8. The number of halogens is 1. The third-order valence-electron chi connectivity index (χ3n) is 3.31. The molecule has 0 aliphatic carbocycles. The average Bonchev–Trinajstić information content (AvgIpc) is 2.26. The molecule has 0 heterocycles. The van der Waals surface area contributed by atoms with Crippen LogP contribution in [-0.4, -0.2) is 5.38 Å². The van der Waals surface area contributed by atoms with Crippen molar-refractivity contribution in [3.63, 3.8) is 0 Å². The quantitative estimate of drug-likeness (QED) is 0.302. The predicted molar refractivity (Wildman–Crippen MR) is 76.3 cm³/mol. The molecule has 0 rings (SSSR count). The van der Waals surface area contributed by atoms with Crippen LogP contribution in [0.4, 0.5) is 0 Å². The normalized spacial score (nSPS) is 13.3. The van der Waals surface area contributed by atoms with Crippen LogP contribution < -0.4 is 0 Å². The van der Waals surface area contributed by atoms with Gasteiger partial charge in [-0.1, -0.05) is 78.6 Å². The van der Waals surface area contributed by atoms with Gasteiger partial charge in [-0.2, -0.15) is 0 Å². The second kappa shape index (κ2) is 11.8. The van der Waals surface area contributed by atoms with Gasteiger partial charge in [0.1, 0.15) is 0 Å². The van der Waals surface area contributed by atoms with E-state index in [2.05, 4.69) is 20.8 Å². The van der Waals surface area contributed by atoms with Gasteiger partial charge in [0.15, 0.2) is 0 Å². The smallest absolute Gasteiger partial charge is 0.0359 e. The van der Waals surface area contributed by atoms with E-state index >= 15 is 0 Å². The maximum absolute atomic E-state index is 6.21. The second-order valence-electron chi connectivity index (χ2n) is 5.38. The summed E-state index contributed by atoms with van der Waals surface area (Å²) in [7, 11) is 0. The predicted octanol–water partition coefficient (Wildman–Crippen LogP) is 6.17. The molecule has 0 bridgehead atoms. The third-order valence-corrected chi connectivity index (χ3v) is 4.03. The molecular weight excluding hydrogens is 216 g/mol. The van der Waals surface area contributed by atoms with E-state index in [1.54, 1.807) is 0 Å². The molecule has 0 amide bonds. The first-order chi connectivity index (χ1) is 7.68. The van der Waals surface area contributed by atoms with Gasteiger partial charge in [0, 0.05) is 5.38 Å². The molecule has 0 fully saturated rings. The van der Waals surface area contributed by atoms with Crippen molar-refractivity contribution in [3.8, 4) is 0 Å². The molecule has 16 heavy (non-hydrogen) atoms. The summed E-state index contributed by atoms with van der Waals surface area (Å²) in [5, 5.41) is 0.393. The average molecular weight is 247 g/mol. The largest absolute Gasteiger partial charge is 0.123 e. The van der Waals surface area contributed by atoms with Crippen LogP contribution in [0.3, 0.4) is 0 Å². The van der Waals surface area contributed by atoms with Crippen molar-refractivity contribution in [3.05, 3.63) is 0 Å². The van der Waals surface area contributed by atoms with Crippen molar-refractivity contribution in [2.45, 2.75) is 90.4 Å². The molecule has 0 saturated carbocycles. The van der Waals surface area contributed by atoms with Crippen LogP contribution in [-0.2, 0) is 0 Å². The zero-order valence-electron chi connectivity index (χ0n) is 11.6. The zero-order chi connectivity index (χ0) is 12.2. The van der Waals surface area contributed by atoms with Crippen LogP contribution in [0.15, 0.2) is 0 Å². The molecule has 0 radical (unpaired) electrons. The first-order valence-electron chi connectivity index (χ1n) is 7.32. The van der Waals surface area contributed by atoms with Crippen molar-refractivity contribution < 1.29 is 0 Å². The van der Waals surface area contributed by atoms with Crippen molar-refractivity contribution in [2.75, 3.05) is 0 Å². The van der Waals surface area contributed by atoms with Crippen LogP contribution in [0, 0.1) is 5.92 Å². The molecule has 0 aromatic heterocycles. The van der Waals surface area contributed by atoms with Crippen molar-refractivity contribution in [1.82, 2.24) is 0 Å². The first kappa shape index (κ1) is 16.3. The lowest BCUT2D eigenvalue weighted by Crippen LogP contribution is -2.06. The highest BCUT2D eigenvalue weighted by Crippen LogP contribution is 2.18. The summed E-state index contributed by atoms with van der Waals surface area (Å²) in [5.74, 6) is 0.635. The van der Waals surface area contributed by atoms with E-state index in [9.17, 15) is 0 Å². The lowest BCUT2D eigenvalue weighted by Gasteiger charge is -2.12. The second-order valence-corrected chi connectivity index (χ2v) is 5.94. The van der Waals surface area contributed by atoms with Crippen LogP contribution in [0.2, 0.25) is 0 Å². The molecule has 0 aromatic carbocycles. The molecular formula is C15H31Cl. The minimum Gasteiger partial charge on any atom is -0.123 e. The minimum absolute atomic E-state index is 0.393.